The zero-order chi connectivity index (χ0) is 26.2. The van der Waals surface area contributed by atoms with Crippen molar-refractivity contribution in [2.24, 2.45) is 7.05 Å². The molecular weight excluding hydrogens is 480 g/mol. The van der Waals surface area contributed by atoms with Crippen LogP contribution in [-0.4, -0.2) is 27.6 Å². The van der Waals surface area contributed by atoms with E-state index in [-0.39, 0.29) is 22.5 Å². The fourth-order valence-corrected chi connectivity index (χ4v) is 3.70. The number of alkyl halides is 3. The molecule has 0 unspecified atom stereocenters. The Hall–Kier alpha value is -4.48. The van der Waals surface area contributed by atoms with Crippen molar-refractivity contribution in [2.45, 2.75) is 13.1 Å². The van der Waals surface area contributed by atoms with Gasteiger partial charge in [-0.3, -0.25) is 9.78 Å². The van der Waals surface area contributed by atoms with E-state index in [1.807, 2.05) is 0 Å². The average molecular weight is 500 g/mol. The normalized spacial score (nSPS) is 11.4. The van der Waals surface area contributed by atoms with Crippen LogP contribution in [0.15, 0.2) is 53.7 Å². The molecule has 12 heteroatoms. The van der Waals surface area contributed by atoms with Gasteiger partial charge in [0.25, 0.3) is 5.56 Å². The topological polar surface area (TPSA) is 101 Å². The number of hydrogen-bond acceptors (Lipinski definition) is 5. The van der Waals surface area contributed by atoms with Gasteiger partial charge in [0.05, 0.1) is 28.7 Å². The molecule has 186 valence electrons. The summed E-state index contributed by atoms with van der Waals surface area (Å²) in [6, 6.07) is 5.52. The number of nitrogens with zero attached hydrogens (tertiary/aromatic N) is 3. The van der Waals surface area contributed by atoms with Crippen molar-refractivity contribution in [3.8, 4) is 11.1 Å². The van der Waals surface area contributed by atoms with Gasteiger partial charge >= 0.3 is 12.2 Å². The van der Waals surface area contributed by atoms with Crippen molar-refractivity contribution in [2.75, 3.05) is 23.0 Å². The summed E-state index contributed by atoms with van der Waals surface area (Å²) in [5, 5.41) is 8.05. The Kier molecular flexibility index (Phi) is 6.35. The maximum atomic E-state index is 14.7. The number of anilines is 3. The number of halogens is 4. The van der Waals surface area contributed by atoms with E-state index in [9.17, 15) is 27.2 Å². The molecule has 4 aromatic rings. The van der Waals surface area contributed by atoms with E-state index in [1.54, 1.807) is 39.3 Å². The first-order chi connectivity index (χ1) is 17.0. The fraction of sp³-hybridized carbons (Fsp3) is 0.167. The minimum absolute atomic E-state index is 0.230. The fourth-order valence-electron chi connectivity index (χ4n) is 3.70. The molecule has 3 heterocycles. The molecule has 0 atom stereocenters. The number of carbonyl (C=O) groups excluding carboxylic acids is 1. The quantitative estimate of drug-likeness (QED) is 0.337. The summed E-state index contributed by atoms with van der Waals surface area (Å²) in [7, 11) is 3.30. The van der Waals surface area contributed by atoms with Crippen LogP contribution in [-0.2, 0) is 13.2 Å². The van der Waals surface area contributed by atoms with Gasteiger partial charge in [0.2, 0.25) is 0 Å². The number of aromatic nitrogens is 3. The SMILES string of the molecule is CNc1cc2c(cn1)cc(-c1cc(NC(=O)Nc3cncc(C(F)(F)F)c3)c(F)cc1C)c(=O)n2C. The molecule has 3 aromatic heterocycles. The van der Waals surface area contributed by atoms with Gasteiger partial charge in [-0.2, -0.15) is 13.2 Å². The molecule has 0 radical (unpaired) electrons. The lowest BCUT2D eigenvalue weighted by molar-refractivity contribution is -0.137. The molecule has 0 fully saturated rings. The largest absolute Gasteiger partial charge is 0.417 e. The highest BCUT2D eigenvalue weighted by molar-refractivity contribution is 6.00. The van der Waals surface area contributed by atoms with Crippen molar-refractivity contribution in [3.63, 3.8) is 0 Å². The molecule has 0 spiro atoms. The molecule has 0 bridgehead atoms. The number of hydrogen-bond donors (Lipinski definition) is 3. The number of rotatable bonds is 4. The lowest BCUT2D eigenvalue weighted by atomic mass is 9.99. The Labute approximate surface area is 202 Å². The third-order valence-electron chi connectivity index (χ3n) is 5.54. The van der Waals surface area contributed by atoms with Crippen molar-refractivity contribution in [3.05, 3.63) is 76.2 Å². The average Bonchev–Trinajstić information content (AvgIpc) is 2.82. The molecule has 0 saturated heterocycles. The van der Waals surface area contributed by atoms with Crippen LogP contribution in [0.1, 0.15) is 11.1 Å². The van der Waals surface area contributed by atoms with Crippen LogP contribution in [0.3, 0.4) is 0 Å². The smallest absolute Gasteiger partial charge is 0.373 e. The summed E-state index contributed by atoms with van der Waals surface area (Å²) in [4.78, 5) is 33.3. The summed E-state index contributed by atoms with van der Waals surface area (Å²) in [5.74, 6) is -0.205. The highest BCUT2D eigenvalue weighted by Gasteiger charge is 2.31. The first-order valence-electron chi connectivity index (χ1n) is 10.6. The third kappa shape index (κ3) is 4.83. The van der Waals surface area contributed by atoms with Crippen LogP contribution >= 0.6 is 0 Å². The molecule has 0 aliphatic rings. The number of pyridine rings is 3. The Morgan fingerprint density at radius 3 is 2.44 bits per heavy atom. The van der Waals surface area contributed by atoms with Gasteiger partial charge in [-0.1, -0.05) is 0 Å². The maximum Gasteiger partial charge on any atom is 0.417 e. The summed E-state index contributed by atoms with van der Waals surface area (Å²) >= 11 is 0. The van der Waals surface area contributed by atoms with E-state index in [1.165, 1.54) is 10.6 Å². The van der Waals surface area contributed by atoms with E-state index < -0.39 is 23.6 Å². The zero-order valence-electron chi connectivity index (χ0n) is 19.3. The Morgan fingerprint density at radius 1 is 1.00 bits per heavy atom. The number of amides is 2. The predicted octanol–water partition coefficient (Wildman–Crippen LogP) is 5.15. The number of nitrogens with one attached hydrogen (secondary N) is 3. The minimum atomic E-state index is -4.64. The molecule has 4 rings (SSSR count). The molecular formula is C24H20F4N6O2. The van der Waals surface area contributed by atoms with Gasteiger partial charge < -0.3 is 20.5 Å². The van der Waals surface area contributed by atoms with Crippen LogP contribution in [0.25, 0.3) is 22.0 Å². The molecule has 0 aliphatic heterocycles. The highest BCUT2D eigenvalue weighted by Crippen LogP contribution is 2.31. The predicted molar refractivity (Wildman–Crippen MR) is 129 cm³/mol. The first-order valence-corrected chi connectivity index (χ1v) is 10.6. The highest BCUT2D eigenvalue weighted by atomic mass is 19.4. The van der Waals surface area contributed by atoms with Gasteiger partial charge in [0, 0.05) is 43.5 Å². The Bertz CT molecular complexity index is 1550. The summed E-state index contributed by atoms with van der Waals surface area (Å²) in [6.45, 7) is 1.61. The Morgan fingerprint density at radius 2 is 1.75 bits per heavy atom. The minimum Gasteiger partial charge on any atom is -0.373 e. The third-order valence-corrected chi connectivity index (χ3v) is 5.54. The number of benzene rings is 1. The lowest BCUT2D eigenvalue weighted by Crippen LogP contribution is -2.22. The van der Waals surface area contributed by atoms with E-state index >= 15 is 0 Å². The molecule has 0 saturated carbocycles. The van der Waals surface area contributed by atoms with Gasteiger partial charge in [0.1, 0.15) is 11.6 Å². The first kappa shape index (κ1) is 24.6. The zero-order valence-corrected chi connectivity index (χ0v) is 19.3. The van der Waals surface area contributed by atoms with Crippen molar-refractivity contribution in [1.82, 2.24) is 14.5 Å². The number of urea groups is 1. The van der Waals surface area contributed by atoms with Gasteiger partial charge in [0.15, 0.2) is 0 Å². The second kappa shape index (κ2) is 9.29. The van der Waals surface area contributed by atoms with Gasteiger partial charge in [-0.25, -0.2) is 14.2 Å². The maximum absolute atomic E-state index is 14.7. The monoisotopic (exact) mass is 500 g/mol. The van der Waals surface area contributed by atoms with Crippen molar-refractivity contribution >= 4 is 34.1 Å². The summed E-state index contributed by atoms with van der Waals surface area (Å²) < 4.78 is 54.8. The second-order valence-corrected chi connectivity index (χ2v) is 7.99. The number of fused-ring (bicyclic) bond motifs is 1. The molecule has 0 aliphatic carbocycles. The molecule has 1 aromatic carbocycles. The van der Waals surface area contributed by atoms with Crippen LogP contribution in [0.5, 0.6) is 0 Å². The standard InChI is InChI=1S/C24H20F4N6O2/c1-12-4-18(25)19(33-23(36)32-15-6-14(10-30-11-15)24(26,27)28)7-16(12)17-5-13-9-31-21(29-2)8-20(13)34(3)22(17)35/h4-11H,1-3H3,(H,29,31)(H2,32,33,36). The van der Waals surface area contributed by atoms with Gasteiger partial charge in [-0.05, 0) is 42.3 Å². The van der Waals surface area contributed by atoms with Crippen LogP contribution < -0.4 is 21.5 Å². The van der Waals surface area contributed by atoms with E-state index in [4.69, 9.17) is 0 Å². The Balaban J connectivity index is 1.68. The van der Waals surface area contributed by atoms with Crippen LogP contribution in [0.2, 0.25) is 0 Å². The van der Waals surface area contributed by atoms with E-state index in [2.05, 4.69) is 25.9 Å². The van der Waals surface area contributed by atoms with Crippen LogP contribution in [0.4, 0.5) is 39.5 Å². The summed E-state index contributed by atoms with van der Waals surface area (Å²) in [5.41, 5.74) is -0.194. The number of carbonyl (C=O) groups is 1. The van der Waals surface area contributed by atoms with E-state index in [0.717, 1.165) is 12.3 Å². The van der Waals surface area contributed by atoms with Gasteiger partial charge in [-0.15, -0.1) is 0 Å². The molecule has 36 heavy (non-hydrogen) atoms. The van der Waals surface area contributed by atoms with Crippen LogP contribution in [0, 0.1) is 12.7 Å². The second-order valence-electron chi connectivity index (χ2n) is 7.99. The summed E-state index contributed by atoms with van der Waals surface area (Å²) in [6.07, 6.45) is -1.40. The van der Waals surface area contributed by atoms with Crippen molar-refractivity contribution < 1.29 is 22.4 Å². The lowest BCUT2D eigenvalue weighted by Gasteiger charge is -2.15. The van der Waals surface area contributed by atoms with E-state index in [0.29, 0.717) is 40.1 Å². The molecule has 8 nitrogen and oxygen atoms in total. The molecule has 3 N–H and O–H groups in total. The number of aryl methyl sites for hydroxylation is 2. The van der Waals surface area contributed by atoms with Crippen molar-refractivity contribution in [1.29, 1.82) is 0 Å². The molecule has 2 amide bonds.